The lowest BCUT2D eigenvalue weighted by atomic mass is 9.86. The lowest BCUT2D eigenvalue weighted by Crippen LogP contribution is -2.43. The lowest BCUT2D eigenvalue weighted by Gasteiger charge is -2.40. The average Bonchev–Trinajstić information content (AvgIpc) is 3.15. The molecule has 2 atom stereocenters. The number of aromatic amines is 1. The highest BCUT2D eigenvalue weighted by molar-refractivity contribution is 6.27. The molecule has 0 saturated heterocycles. The van der Waals surface area contributed by atoms with E-state index in [1.807, 2.05) is 37.4 Å². The molecule has 1 aliphatic heterocycles. The number of nitrogens with one attached hydrogen (secondary N) is 1. The zero-order chi connectivity index (χ0) is 22.6. The molecule has 1 N–H and O–H groups in total. The van der Waals surface area contributed by atoms with Gasteiger partial charge >= 0.3 is 5.97 Å². The van der Waals surface area contributed by atoms with Crippen LogP contribution in [0.3, 0.4) is 0 Å². The van der Waals surface area contributed by atoms with Gasteiger partial charge in [0.15, 0.2) is 0 Å². The molecular weight excluding hydrogens is 416 g/mol. The number of ether oxygens (including phenoxy) is 2. The van der Waals surface area contributed by atoms with Crippen LogP contribution in [-0.2, 0) is 19.1 Å². The Morgan fingerprint density at radius 1 is 1.32 bits per heavy atom. The minimum absolute atomic E-state index is 0.139. The maximum Gasteiger partial charge on any atom is 0.337 e. The highest BCUT2D eigenvalue weighted by Crippen LogP contribution is 2.42. The van der Waals surface area contributed by atoms with Gasteiger partial charge in [0.25, 0.3) is 0 Å². The Labute approximate surface area is 187 Å². The summed E-state index contributed by atoms with van der Waals surface area (Å²) < 4.78 is 11.3. The Kier molecular flexibility index (Phi) is 7.11. The second kappa shape index (κ2) is 9.60. The molecule has 0 spiro atoms. The maximum absolute atomic E-state index is 13.0. The highest BCUT2D eigenvalue weighted by atomic mass is 35.5. The Morgan fingerprint density at radius 2 is 2.06 bits per heavy atom. The van der Waals surface area contributed by atoms with Crippen molar-refractivity contribution < 1.29 is 19.1 Å². The van der Waals surface area contributed by atoms with E-state index in [-0.39, 0.29) is 23.7 Å². The third-order valence-corrected chi connectivity index (χ3v) is 5.67. The van der Waals surface area contributed by atoms with Crippen molar-refractivity contribution in [1.82, 2.24) is 9.88 Å². The van der Waals surface area contributed by atoms with E-state index in [0.29, 0.717) is 25.1 Å². The number of nitrogens with zero attached hydrogens (tertiary/aromatic N) is 1. The van der Waals surface area contributed by atoms with Crippen molar-refractivity contribution in [2.45, 2.75) is 45.4 Å². The van der Waals surface area contributed by atoms with Gasteiger partial charge in [-0.2, -0.15) is 0 Å². The fourth-order valence-electron chi connectivity index (χ4n) is 4.15. The number of fused-ring (bicyclic) bond motifs is 1. The van der Waals surface area contributed by atoms with Crippen LogP contribution >= 0.6 is 11.6 Å². The van der Waals surface area contributed by atoms with E-state index >= 15 is 0 Å². The summed E-state index contributed by atoms with van der Waals surface area (Å²) in [5.41, 5.74) is 1.92. The number of alkyl halides is 1. The van der Waals surface area contributed by atoms with Gasteiger partial charge in [0.05, 0.1) is 12.1 Å². The number of hydrogen-bond acceptors (Lipinski definition) is 4. The van der Waals surface area contributed by atoms with Crippen LogP contribution in [0.2, 0.25) is 0 Å². The first-order valence-corrected chi connectivity index (χ1v) is 11.0. The Morgan fingerprint density at radius 3 is 2.71 bits per heavy atom. The van der Waals surface area contributed by atoms with E-state index in [1.54, 1.807) is 24.8 Å². The van der Waals surface area contributed by atoms with Crippen molar-refractivity contribution in [2.24, 2.45) is 5.92 Å². The van der Waals surface area contributed by atoms with Gasteiger partial charge in [-0.05, 0) is 18.9 Å². The summed E-state index contributed by atoms with van der Waals surface area (Å²) in [5, 5.41) is 1.01. The number of carbonyl (C=O) groups excluding carboxylic acids is 2. The number of para-hydroxylation sites is 1. The van der Waals surface area contributed by atoms with Crippen LogP contribution < -0.4 is 0 Å². The Balaban J connectivity index is 2.17. The molecule has 0 aliphatic carbocycles. The van der Waals surface area contributed by atoms with E-state index in [4.69, 9.17) is 21.1 Å². The Bertz CT molecular complexity index is 994. The standard InChI is InChI=1S/C24H29ClN2O4/c1-5-7-12-27(21(28)14-25)23(18-15-26-19-11-9-8-10-17(18)19)16(6-2)20-13-22(29)31-24(3,4)30-20/h5,8-11,13,15-16,23,26H,1,6-7,12,14H2,2-4H3/t16-,23?/m0/s1. The number of esters is 1. The molecule has 3 rings (SSSR count). The van der Waals surface area contributed by atoms with E-state index in [9.17, 15) is 9.59 Å². The molecule has 1 unspecified atom stereocenters. The summed E-state index contributed by atoms with van der Waals surface area (Å²) in [7, 11) is 0. The molecule has 31 heavy (non-hydrogen) atoms. The molecule has 2 heterocycles. The average molecular weight is 445 g/mol. The van der Waals surface area contributed by atoms with Crippen molar-refractivity contribution in [3.05, 3.63) is 60.5 Å². The van der Waals surface area contributed by atoms with E-state index in [1.165, 1.54) is 6.08 Å². The van der Waals surface area contributed by atoms with Crippen molar-refractivity contribution >= 4 is 34.4 Å². The van der Waals surface area contributed by atoms with E-state index in [2.05, 4.69) is 11.6 Å². The molecule has 0 bridgehead atoms. The minimum Gasteiger partial charge on any atom is -0.456 e. The third-order valence-electron chi connectivity index (χ3n) is 5.44. The summed E-state index contributed by atoms with van der Waals surface area (Å²) in [6.45, 7) is 9.67. The number of H-pyrrole nitrogens is 1. The normalized spacial score (nSPS) is 17.3. The van der Waals surface area contributed by atoms with Gasteiger partial charge in [-0.15, -0.1) is 18.2 Å². The largest absolute Gasteiger partial charge is 0.456 e. The number of rotatable bonds is 9. The van der Waals surface area contributed by atoms with E-state index < -0.39 is 11.8 Å². The van der Waals surface area contributed by atoms with Crippen LogP contribution in [0, 0.1) is 5.92 Å². The first-order valence-electron chi connectivity index (χ1n) is 10.5. The molecule has 0 saturated carbocycles. The molecule has 2 aromatic rings. The first kappa shape index (κ1) is 22.9. The molecule has 1 amide bonds. The predicted octanol–water partition coefficient (Wildman–Crippen LogP) is 5.07. The number of benzene rings is 1. The summed E-state index contributed by atoms with van der Waals surface area (Å²) in [4.78, 5) is 30.3. The Hall–Kier alpha value is -2.73. The van der Waals surface area contributed by atoms with E-state index in [0.717, 1.165) is 16.5 Å². The zero-order valence-electron chi connectivity index (χ0n) is 18.2. The topological polar surface area (TPSA) is 71.6 Å². The van der Waals surface area contributed by atoms with Crippen LogP contribution in [0.4, 0.5) is 0 Å². The van der Waals surface area contributed by atoms with Crippen molar-refractivity contribution in [1.29, 1.82) is 0 Å². The smallest absolute Gasteiger partial charge is 0.337 e. The zero-order valence-corrected chi connectivity index (χ0v) is 18.9. The molecule has 7 heteroatoms. The van der Waals surface area contributed by atoms with Gasteiger partial charge in [-0.1, -0.05) is 31.2 Å². The SMILES string of the molecule is C=CCCN(C(=O)CCl)C(c1c[nH]c2ccccc12)[C@@H](CC)C1=CC(=O)OC(C)(C)O1. The maximum atomic E-state index is 13.0. The van der Waals surface area contributed by atoms with Gasteiger partial charge in [-0.25, -0.2) is 4.79 Å². The number of hydrogen-bond donors (Lipinski definition) is 1. The molecule has 1 aromatic heterocycles. The van der Waals surface area contributed by atoms with Gasteiger partial charge < -0.3 is 19.4 Å². The van der Waals surface area contributed by atoms with Crippen LogP contribution in [-0.4, -0.2) is 40.0 Å². The van der Waals surface area contributed by atoms with Crippen LogP contribution in [0.25, 0.3) is 10.9 Å². The summed E-state index contributed by atoms with van der Waals surface area (Å²) in [6, 6.07) is 7.54. The molecule has 0 radical (unpaired) electrons. The second-order valence-corrected chi connectivity index (χ2v) is 8.28. The molecule has 6 nitrogen and oxygen atoms in total. The number of cyclic esters (lactones) is 1. The second-order valence-electron chi connectivity index (χ2n) is 8.02. The summed E-state index contributed by atoms with van der Waals surface area (Å²) >= 11 is 6.01. The van der Waals surface area contributed by atoms with Crippen LogP contribution in [0.5, 0.6) is 0 Å². The number of carbonyl (C=O) groups is 2. The monoisotopic (exact) mass is 444 g/mol. The predicted molar refractivity (Wildman–Crippen MR) is 121 cm³/mol. The van der Waals surface area contributed by atoms with Gasteiger partial charge in [0.1, 0.15) is 11.6 Å². The van der Waals surface area contributed by atoms with Crippen LogP contribution in [0.1, 0.15) is 45.2 Å². The molecular formula is C24H29ClN2O4. The van der Waals surface area contributed by atoms with Gasteiger partial charge in [-0.3, -0.25) is 4.79 Å². The minimum atomic E-state index is -1.08. The lowest BCUT2D eigenvalue weighted by molar-refractivity contribution is -0.209. The van der Waals surface area contributed by atoms with Gasteiger partial charge in [0, 0.05) is 49.0 Å². The quantitative estimate of drug-likeness (QED) is 0.333. The number of amides is 1. The van der Waals surface area contributed by atoms with Crippen molar-refractivity contribution in [3.8, 4) is 0 Å². The molecule has 0 fully saturated rings. The van der Waals surface area contributed by atoms with Gasteiger partial charge in [0.2, 0.25) is 11.7 Å². The molecule has 1 aliphatic rings. The first-order chi connectivity index (χ1) is 14.8. The fourth-order valence-corrected chi connectivity index (χ4v) is 4.30. The highest BCUT2D eigenvalue weighted by Gasteiger charge is 2.40. The third kappa shape index (κ3) is 4.96. The van der Waals surface area contributed by atoms with Crippen molar-refractivity contribution in [3.63, 3.8) is 0 Å². The number of aromatic nitrogens is 1. The van der Waals surface area contributed by atoms with Crippen molar-refractivity contribution in [2.75, 3.05) is 12.4 Å². The summed E-state index contributed by atoms with van der Waals surface area (Å²) in [5.74, 6) is -1.63. The molecule has 1 aromatic carbocycles. The fraction of sp³-hybridized carbons (Fsp3) is 0.417. The molecule has 166 valence electrons. The van der Waals surface area contributed by atoms with Crippen LogP contribution in [0.15, 0.2) is 55.0 Å². The number of halogens is 1. The summed E-state index contributed by atoms with van der Waals surface area (Å²) in [6.07, 6.45) is 6.34.